The highest BCUT2D eigenvalue weighted by atomic mass is 32.5. The van der Waals surface area contributed by atoms with Gasteiger partial charge in [0.25, 0.3) is 5.56 Å². The van der Waals surface area contributed by atoms with Crippen LogP contribution in [0.3, 0.4) is 0 Å². The van der Waals surface area contributed by atoms with E-state index in [4.69, 9.17) is 10.5 Å². The lowest BCUT2D eigenvalue weighted by Gasteiger charge is -2.40. The first-order chi connectivity index (χ1) is 14.9. The second kappa shape index (κ2) is 9.92. The predicted octanol–water partition coefficient (Wildman–Crippen LogP) is 7.37. The molecule has 184 valence electrons. The number of hydrogen-bond donors (Lipinski definition) is 1. The first-order valence-electron chi connectivity index (χ1n) is 9.75. The summed E-state index contributed by atoms with van der Waals surface area (Å²) in [6.45, 7) is 4.82. The molecule has 0 saturated carbocycles. The fraction of sp³-hybridized carbons (Fsp3) is 0.273. The SMILES string of the molecule is C.CC.NCCCn1cc(-c2cccnc2Oc2ccc(S(F)(F)(F)(F)F)cc2)ccc1=O. The number of pyridine rings is 2. The summed E-state index contributed by atoms with van der Waals surface area (Å²) in [4.78, 5) is 14.0. The van der Waals surface area contributed by atoms with Crippen LogP contribution in [0.15, 0.2) is 70.6 Å². The summed E-state index contributed by atoms with van der Waals surface area (Å²) in [6, 6.07) is 8.34. The van der Waals surface area contributed by atoms with E-state index >= 15 is 0 Å². The van der Waals surface area contributed by atoms with Gasteiger partial charge in [-0.05, 0) is 55.4 Å². The topological polar surface area (TPSA) is 70.1 Å². The highest BCUT2D eigenvalue weighted by Gasteiger charge is 2.65. The largest absolute Gasteiger partial charge is 0.438 e. The summed E-state index contributed by atoms with van der Waals surface area (Å²) < 4.78 is 71.3. The average molecular weight is 494 g/mol. The molecule has 3 rings (SSSR count). The summed E-state index contributed by atoms with van der Waals surface area (Å²) in [7, 11) is -9.76. The summed E-state index contributed by atoms with van der Waals surface area (Å²) in [5, 5.41) is 0. The molecule has 2 heterocycles. The summed E-state index contributed by atoms with van der Waals surface area (Å²) >= 11 is 0. The number of hydrogen-bond acceptors (Lipinski definition) is 4. The van der Waals surface area contributed by atoms with Gasteiger partial charge in [0, 0.05) is 36.1 Å². The van der Waals surface area contributed by atoms with E-state index in [1.807, 2.05) is 13.8 Å². The zero-order valence-electron chi connectivity index (χ0n) is 17.5. The smallest absolute Gasteiger partial charge is 0.310 e. The Balaban J connectivity index is 0.00000177. The molecule has 0 atom stereocenters. The maximum Gasteiger partial charge on any atom is 0.310 e. The third-order valence-electron chi connectivity index (χ3n) is 4.15. The van der Waals surface area contributed by atoms with E-state index in [2.05, 4.69) is 4.98 Å². The highest BCUT2D eigenvalue weighted by Crippen LogP contribution is 3.02. The molecule has 0 aliphatic carbocycles. The standard InChI is InChI=1S/C19H18F5N3O2S.C2H6.CH4/c20-30(21,22,23,24)16-7-5-15(6-8-16)29-19-17(3-1-11-26-19)14-4-9-18(28)27(13-14)12-2-10-25;1-2;/h1,3-9,11,13H,2,10,12,25H2;1-2H3;1H4. The lowest BCUT2D eigenvalue weighted by atomic mass is 10.1. The predicted molar refractivity (Wildman–Crippen MR) is 124 cm³/mol. The van der Waals surface area contributed by atoms with Gasteiger partial charge in [-0.15, -0.1) is 0 Å². The van der Waals surface area contributed by atoms with Crippen LogP contribution in [0.1, 0.15) is 27.7 Å². The third kappa shape index (κ3) is 7.57. The maximum absolute atomic E-state index is 12.9. The molecular weight excluding hydrogens is 465 g/mol. The molecule has 3 aromatic rings. The molecule has 33 heavy (non-hydrogen) atoms. The molecule has 0 aliphatic rings. The van der Waals surface area contributed by atoms with Gasteiger partial charge in [-0.25, -0.2) is 4.98 Å². The highest BCUT2D eigenvalue weighted by molar-refractivity contribution is 8.45. The molecule has 2 aromatic heterocycles. The van der Waals surface area contributed by atoms with E-state index < -0.39 is 15.1 Å². The molecule has 0 aliphatic heterocycles. The van der Waals surface area contributed by atoms with Crippen LogP contribution in [-0.2, 0) is 6.54 Å². The minimum atomic E-state index is -9.76. The molecule has 0 fully saturated rings. The lowest BCUT2D eigenvalue weighted by molar-refractivity contribution is 0.363. The Morgan fingerprint density at radius 1 is 1.00 bits per heavy atom. The van der Waals surface area contributed by atoms with Gasteiger partial charge in [0.1, 0.15) is 10.6 Å². The number of halogens is 5. The summed E-state index contributed by atoms with van der Waals surface area (Å²) in [5.41, 5.74) is 6.31. The molecule has 0 spiro atoms. The van der Waals surface area contributed by atoms with E-state index in [0.717, 1.165) is 12.1 Å². The number of aryl methyl sites for hydroxylation is 1. The van der Waals surface area contributed by atoms with E-state index in [-0.39, 0.29) is 36.7 Å². The first-order valence-corrected chi connectivity index (χ1v) is 11.7. The van der Waals surface area contributed by atoms with Gasteiger partial charge in [-0.2, -0.15) is 0 Å². The number of benzene rings is 1. The van der Waals surface area contributed by atoms with Crippen molar-refractivity contribution in [2.24, 2.45) is 5.73 Å². The molecule has 1 aromatic carbocycles. The van der Waals surface area contributed by atoms with E-state index in [9.17, 15) is 24.2 Å². The van der Waals surface area contributed by atoms with Crippen LogP contribution < -0.4 is 16.0 Å². The first kappa shape index (κ1) is 28.1. The quantitative estimate of drug-likeness (QED) is 0.349. The fourth-order valence-electron chi connectivity index (χ4n) is 2.70. The Bertz CT molecular complexity index is 1120. The Morgan fingerprint density at radius 2 is 1.64 bits per heavy atom. The van der Waals surface area contributed by atoms with Gasteiger partial charge in [-0.3, -0.25) is 4.79 Å². The number of ether oxygens (including phenoxy) is 1. The molecule has 0 bridgehead atoms. The van der Waals surface area contributed by atoms with E-state index in [1.54, 1.807) is 24.4 Å². The van der Waals surface area contributed by atoms with Crippen molar-refractivity contribution < 1.29 is 24.2 Å². The van der Waals surface area contributed by atoms with Crippen molar-refractivity contribution >= 4 is 10.2 Å². The molecule has 0 unspecified atom stereocenters. The Kier molecular flexibility index (Phi) is 8.45. The number of nitrogens with two attached hydrogens (primary N) is 1. The van der Waals surface area contributed by atoms with Crippen molar-refractivity contribution in [1.29, 1.82) is 0 Å². The molecular formula is C22H28F5N3O2S. The average Bonchev–Trinajstić information content (AvgIpc) is 2.74. The van der Waals surface area contributed by atoms with Crippen LogP contribution in [0.2, 0.25) is 0 Å². The Hall–Kier alpha value is -2.92. The van der Waals surface area contributed by atoms with Crippen molar-refractivity contribution in [3.63, 3.8) is 0 Å². The minimum absolute atomic E-state index is 0. The van der Waals surface area contributed by atoms with E-state index in [0.29, 0.717) is 30.6 Å². The zero-order valence-corrected chi connectivity index (χ0v) is 18.3. The van der Waals surface area contributed by atoms with Crippen LogP contribution in [-0.4, -0.2) is 16.1 Å². The van der Waals surface area contributed by atoms with Gasteiger partial charge in [0.05, 0.1) is 0 Å². The monoisotopic (exact) mass is 493 g/mol. The second-order valence-electron chi connectivity index (χ2n) is 6.49. The molecule has 5 nitrogen and oxygen atoms in total. The molecule has 0 radical (unpaired) electrons. The van der Waals surface area contributed by atoms with Crippen LogP contribution in [0, 0.1) is 0 Å². The van der Waals surface area contributed by atoms with Crippen molar-refractivity contribution in [3.05, 3.63) is 71.3 Å². The summed E-state index contributed by atoms with van der Waals surface area (Å²) in [6.07, 6.45) is 3.60. The molecule has 0 saturated heterocycles. The van der Waals surface area contributed by atoms with Gasteiger partial charge >= 0.3 is 10.2 Å². The van der Waals surface area contributed by atoms with Gasteiger partial charge in [-0.1, -0.05) is 40.7 Å². The van der Waals surface area contributed by atoms with Crippen molar-refractivity contribution in [2.45, 2.75) is 39.1 Å². The number of nitrogens with zero attached hydrogens (tertiary/aromatic N) is 2. The lowest BCUT2D eigenvalue weighted by Crippen LogP contribution is -2.20. The second-order valence-corrected chi connectivity index (χ2v) is 8.90. The third-order valence-corrected chi connectivity index (χ3v) is 5.32. The molecule has 11 heteroatoms. The molecule has 0 amide bonds. The van der Waals surface area contributed by atoms with Crippen molar-refractivity contribution in [1.82, 2.24) is 9.55 Å². The van der Waals surface area contributed by atoms with Gasteiger partial charge < -0.3 is 15.0 Å². The fourth-order valence-corrected chi connectivity index (χ4v) is 3.35. The Labute approximate surface area is 189 Å². The van der Waals surface area contributed by atoms with Crippen molar-refractivity contribution in [3.8, 4) is 22.8 Å². The Morgan fingerprint density at radius 3 is 2.21 bits per heavy atom. The minimum Gasteiger partial charge on any atom is -0.438 e. The van der Waals surface area contributed by atoms with Gasteiger partial charge in [0.15, 0.2) is 0 Å². The maximum atomic E-state index is 12.9. The zero-order chi connectivity index (χ0) is 24.1. The summed E-state index contributed by atoms with van der Waals surface area (Å²) in [5.74, 6) is -0.0568. The normalized spacial score (nSPS) is 13.0. The van der Waals surface area contributed by atoms with Crippen LogP contribution in [0.5, 0.6) is 11.6 Å². The molecule has 2 N–H and O–H groups in total. The van der Waals surface area contributed by atoms with E-state index in [1.165, 1.54) is 16.8 Å². The number of rotatable bonds is 7. The van der Waals surface area contributed by atoms with Crippen LogP contribution in [0.25, 0.3) is 11.1 Å². The van der Waals surface area contributed by atoms with Crippen LogP contribution >= 0.6 is 10.2 Å². The number of aromatic nitrogens is 2. The van der Waals surface area contributed by atoms with Crippen LogP contribution in [0.4, 0.5) is 19.4 Å². The van der Waals surface area contributed by atoms with Crippen molar-refractivity contribution in [2.75, 3.05) is 6.54 Å². The van der Waals surface area contributed by atoms with Gasteiger partial charge in [0.2, 0.25) is 5.88 Å².